The fourth-order valence-corrected chi connectivity index (χ4v) is 3.88. The minimum atomic E-state index is -0.642. The molecule has 0 fully saturated rings. The first-order valence-corrected chi connectivity index (χ1v) is 12.7. The van der Waals surface area contributed by atoms with Crippen LogP contribution in [0.15, 0.2) is 45.7 Å². The van der Waals surface area contributed by atoms with Gasteiger partial charge in [0.1, 0.15) is 5.60 Å². The van der Waals surface area contributed by atoms with Crippen LogP contribution in [-0.2, 0) is 16.0 Å². The lowest BCUT2D eigenvalue weighted by atomic mass is 10.0. The van der Waals surface area contributed by atoms with Gasteiger partial charge in [0.2, 0.25) is 5.91 Å². The fourth-order valence-electron chi connectivity index (χ4n) is 3.88. The first kappa shape index (κ1) is 28.6. The SMILES string of the molecule is Cc1c(NC(=O)OC(C)(C)C)ccc2nc(NCCC(C)CC(=O)N(C)CCc3ccccn3)oc(=O)c12. The van der Waals surface area contributed by atoms with Crippen molar-refractivity contribution in [2.24, 2.45) is 5.92 Å². The highest BCUT2D eigenvalue weighted by Crippen LogP contribution is 2.24. The highest BCUT2D eigenvalue weighted by molar-refractivity contribution is 5.93. The Labute approximate surface area is 222 Å². The number of likely N-dealkylation sites (N-methyl/N-ethyl adjacent to an activating group) is 1. The summed E-state index contributed by atoms with van der Waals surface area (Å²) in [6.45, 7) is 10.1. The number of hydrogen-bond donors (Lipinski definition) is 2. The average molecular weight is 524 g/mol. The number of nitrogens with one attached hydrogen (secondary N) is 2. The Balaban J connectivity index is 1.53. The van der Waals surface area contributed by atoms with Crippen molar-refractivity contribution in [3.63, 3.8) is 0 Å². The van der Waals surface area contributed by atoms with Gasteiger partial charge in [-0.05, 0) is 69.9 Å². The highest BCUT2D eigenvalue weighted by Gasteiger charge is 2.19. The molecule has 0 aliphatic heterocycles. The zero-order chi connectivity index (χ0) is 27.9. The minimum absolute atomic E-state index is 0.0788. The summed E-state index contributed by atoms with van der Waals surface area (Å²) in [6.07, 6.45) is 2.97. The van der Waals surface area contributed by atoms with Crippen LogP contribution in [0.4, 0.5) is 16.5 Å². The number of ether oxygens (including phenoxy) is 1. The first-order chi connectivity index (χ1) is 17.9. The smallest absolute Gasteiger partial charge is 0.412 e. The Morgan fingerprint density at radius 3 is 2.63 bits per heavy atom. The standard InChI is InChI=1S/C28H37N5O5/c1-18(17-23(34)33(6)16-13-20-9-7-8-14-29-20)12-15-30-26-31-22-11-10-21(19(2)24(22)25(35)37-26)32-27(36)38-28(3,4)5/h7-11,14,18H,12-13,15-17H2,1-6H3,(H,30,31)(H,32,36). The van der Waals surface area contributed by atoms with Crippen LogP contribution in [0.25, 0.3) is 10.9 Å². The Morgan fingerprint density at radius 1 is 1.18 bits per heavy atom. The van der Waals surface area contributed by atoms with Gasteiger partial charge in [-0.2, -0.15) is 4.98 Å². The van der Waals surface area contributed by atoms with Crippen LogP contribution >= 0.6 is 0 Å². The van der Waals surface area contributed by atoms with E-state index in [2.05, 4.69) is 20.6 Å². The second kappa shape index (κ2) is 12.5. The molecule has 3 aromatic rings. The number of aryl methyl sites for hydroxylation is 1. The molecule has 10 heteroatoms. The molecule has 0 saturated heterocycles. The second-order valence-electron chi connectivity index (χ2n) is 10.5. The molecule has 0 radical (unpaired) electrons. The molecule has 0 aliphatic carbocycles. The van der Waals surface area contributed by atoms with Crippen molar-refractivity contribution < 1.29 is 18.7 Å². The molecule has 1 atom stereocenters. The molecule has 1 aromatic carbocycles. The van der Waals surface area contributed by atoms with Crippen molar-refractivity contribution in [3.8, 4) is 0 Å². The van der Waals surface area contributed by atoms with Gasteiger partial charge in [0, 0.05) is 50.6 Å². The van der Waals surface area contributed by atoms with Gasteiger partial charge in [-0.15, -0.1) is 0 Å². The van der Waals surface area contributed by atoms with Crippen LogP contribution in [-0.4, -0.2) is 52.6 Å². The molecular weight excluding hydrogens is 486 g/mol. The largest absolute Gasteiger partial charge is 0.444 e. The molecule has 0 aliphatic rings. The number of anilines is 2. The monoisotopic (exact) mass is 523 g/mol. The number of pyridine rings is 1. The molecule has 2 N–H and O–H groups in total. The van der Waals surface area contributed by atoms with E-state index in [4.69, 9.17) is 9.15 Å². The number of carbonyl (C=O) groups excluding carboxylic acids is 2. The van der Waals surface area contributed by atoms with Crippen molar-refractivity contribution in [2.45, 2.75) is 59.5 Å². The summed E-state index contributed by atoms with van der Waals surface area (Å²) in [4.78, 5) is 47.9. The summed E-state index contributed by atoms with van der Waals surface area (Å²) < 4.78 is 10.7. The molecule has 38 heavy (non-hydrogen) atoms. The molecule has 2 amide bonds. The van der Waals surface area contributed by atoms with Crippen molar-refractivity contribution >= 4 is 34.6 Å². The maximum atomic E-state index is 12.7. The number of benzene rings is 1. The third kappa shape index (κ3) is 8.29. The maximum absolute atomic E-state index is 12.7. The summed E-state index contributed by atoms with van der Waals surface area (Å²) in [7, 11) is 1.81. The minimum Gasteiger partial charge on any atom is -0.444 e. The van der Waals surface area contributed by atoms with E-state index in [9.17, 15) is 14.4 Å². The summed E-state index contributed by atoms with van der Waals surface area (Å²) in [6, 6.07) is 9.20. The molecule has 0 saturated carbocycles. The predicted molar refractivity (Wildman–Crippen MR) is 147 cm³/mol. The quantitative estimate of drug-likeness (QED) is 0.389. The van der Waals surface area contributed by atoms with Crippen molar-refractivity contribution in [1.82, 2.24) is 14.9 Å². The highest BCUT2D eigenvalue weighted by atomic mass is 16.6. The molecule has 2 heterocycles. The Hall–Kier alpha value is -3.95. The summed E-state index contributed by atoms with van der Waals surface area (Å²) in [5, 5.41) is 6.01. The van der Waals surface area contributed by atoms with Crippen molar-refractivity contribution in [2.75, 3.05) is 30.8 Å². The maximum Gasteiger partial charge on any atom is 0.412 e. The van der Waals surface area contributed by atoms with Crippen molar-refractivity contribution in [3.05, 3.63) is 58.2 Å². The topological polar surface area (TPSA) is 127 Å². The number of aromatic nitrogens is 2. The predicted octanol–water partition coefficient (Wildman–Crippen LogP) is 4.77. The lowest BCUT2D eigenvalue weighted by molar-refractivity contribution is -0.130. The van der Waals surface area contributed by atoms with E-state index in [1.54, 1.807) is 58.0 Å². The van der Waals surface area contributed by atoms with E-state index in [0.29, 0.717) is 49.1 Å². The number of carbonyl (C=O) groups is 2. The van der Waals surface area contributed by atoms with Crippen LogP contribution in [0.2, 0.25) is 0 Å². The van der Waals surface area contributed by atoms with Crippen LogP contribution in [0.5, 0.6) is 0 Å². The van der Waals surface area contributed by atoms with Gasteiger partial charge in [-0.25, -0.2) is 9.59 Å². The molecule has 1 unspecified atom stereocenters. The van der Waals surface area contributed by atoms with Gasteiger partial charge in [-0.1, -0.05) is 13.0 Å². The first-order valence-electron chi connectivity index (χ1n) is 12.7. The van der Waals surface area contributed by atoms with E-state index >= 15 is 0 Å². The molecular formula is C28H37N5O5. The Morgan fingerprint density at radius 2 is 1.95 bits per heavy atom. The number of amides is 2. The van der Waals surface area contributed by atoms with Crippen LogP contribution < -0.4 is 16.3 Å². The summed E-state index contributed by atoms with van der Waals surface area (Å²) in [5.41, 5.74) is 1.20. The number of fused-ring (bicyclic) bond motifs is 1. The van der Waals surface area contributed by atoms with Gasteiger partial charge < -0.3 is 19.4 Å². The zero-order valence-electron chi connectivity index (χ0n) is 23.0. The van der Waals surface area contributed by atoms with Gasteiger partial charge >= 0.3 is 11.7 Å². The fraction of sp³-hybridized carbons (Fsp3) is 0.464. The summed E-state index contributed by atoms with van der Waals surface area (Å²) >= 11 is 0. The van der Waals surface area contributed by atoms with Gasteiger partial charge in [0.25, 0.3) is 6.01 Å². The molecule has 3 rings (SSSR count). The molecule has 0 spiro atoms. The van der Waals surface area contributed by atoms with Crippen LogP contribution in [0.3, 0.4) is 0 Å². The molecule has 204 valence electrons. The third-order valence-corrected chi connectivity index (χ3v) is 5.99. The van der Waals surface area contributed by atoms with Crippen molar-refractivity contribution in [1.29, 1.82) is 0 Å². The van der Waals surface area contributed by atoms with Gasteiger partial charge in [0.05, 0.1) is 10.9 Å². The Kier molecular flexibility index (Phi) is 9.44. The normalized spacial score (nSPS) is 12.2. The van der Waals surface area contributed by atoms with Gasteiger partial charge in [-0.3, -0.25) is 15.1 Å². The lowest BCUT2D eigenvalue weighted by Gasteiger charge is -2.20. The molecule has 2 aromatic heterocycles. The number of rotatable bonds is 10. The van der Waals surface area contributed by atoms with E-state index in [-0.39, 0.29) is 23.2 Å². The second-order valence-corrected chi connectivity index (χ2v) is 10.5. The zero-order valence-corrected chi connectivity index (χ0v) is 23.0. The van der Waals surface area contributed by atoms with E-state index < -0.39 is 17.3 Å². The molecule has 0 bridgehead atoms. The van der Waals surface area contributed by atoms with E-state index in [1.165, 1.54) is 0 Å². The third-order valence-electron chi connectivity index (χ3n) is 5.99. The lowest BCUT2D eigenvalue weighted by Crippen LogP contribution is -2.30. The van der Waals surface area contributed by atoms with E-state index in [1.807, 2.05) is 25.1 Å². The summed E-state index contributed by atoms with van der Waals surface area (Å²) in [5.74, 6) is 0.207. The number of nitrogens with zero attached hydrogens (tertiary/aromatic N) is 3. The van der Waals surface area contributed by atoms with E-state index in [0.717, 1.165) is 5.69 Å². The van der Waals surface area contributed by atoms with Gasteiger partial charge in [0.15, 0.2) is 0 Å². The molecule has 10 nitrogen and oxygen atoms in total. The van der Waals surface area contributed by atoms with Crippen LogP contribution in [0, 0.1) is 12.8 Å². The van der Waals surface area contributed by atoms with Crippen LogP contribution in [0.1, 0.15) is 51.8 Å². The Bertz CT molecular complexity index is 1320. The average Bonchev–Trinajstić information content (AvgIpc) is 2.83. The number of hydrogen-bond acceptors (Lipinski definition) is 8.